The molecule has 2 heteroatoms. The molecule has 0 saturated carbocycles. The van der Waals surface area contributed by atoms with Gasteiger partial charge in [0.2, 0.25) is 0 Å². The van der Waals surface area contributed by atoms with Gasteiger partial charge >= 0.3 is 0 Å². The monoisotopic (exact) mass is 220 g/mol. The Labute approximate surface area is 97.7 Å². The molecule has 0 unspecified atom stereocenters. The van der Waals surface area contributed by atoms with Crippen molar-refractivity contribution < 1.29 is 9.59 Å². The summed E-state index contributed by atoms with van der Waals surface area (Å²) in [5, 5.41) is 0. The summed E-state index contributed by atoms with van der Waals surface area (Å²) in [6, 6.07) is 0. The van der Waals surface area contributed by atoms with Crippen molar-refractivity contribution >= 4 is 11.6 Å². The van der Waals surface area contributed by atoms with E-state index in [1.54, 1.807) is 18.2 Å². The highest BCUT2D eigenvalue weighted by Gasteiger charge is 2.23. The van der Waals surface area contributed by atoms with Crippen LogP contribution in [-0.4, -0.2) is 11.6 Å². The molecule has 0 N–H and O–H groups in total. The molecule has 0 aromatic carbocycles. The lowest BCUT2D eigenvalue weighted by Gasteiger charge is -2.18. The summed E-state index contributed by atoms with van der Waals surface area (Å²) in [5.41, 5.74) is 0.376. The third-order valence-electron chi connectivity index (χ3n) is 2.17. The maximum Gasteiger partial charge on any atom is 0.161 e. The number of ketones is 2. The van der Waals surface area contributed by atoms with Gasteiger partial charge in [-0.05, 0) is 32.4 Å². The molecule has 0 radical (unpaired) electrons. The fourth-order valence-electron chi connectivity index (χ4n) is 1.06. The first-order chi connectivity index (χ1) is 7.25. The van der Waals surface area contributed by atoms with E-state index >= 15 is 0 Å². The Morgan fingerprint density at radius 2 is 1.69 bits per heavy atom. The van der Waals surface area contributed by atoms with Crippen LogP contribution in [0.3, 0.4) is 0 Å². The van der Waals surface area contributed by atoms with Gasteiger partial charge in [-0.15, -0.1) is 0 Å². The van der Waals surface area contributed by atoms with E-state index in [-0.39, 0.29) is 11.6 Å². The van der Waals surface area contributed by atoms with E-state index < -0.39 is 5.41 Å². The fourth-order valence-corrected chi connectivity index (χ4v) is 1.06. The second-order valence-corrected chi connectivity index (χ2v) is 4.64. The quantitative estimate of drug-likeness (QED) is 0.508. The Morgan fingerprint density at radius 3 is 2.12 bits per heavy atom. The Bertz CT molecular complexity index is 344. The molecule has 16 heavy (non-hydrogen) atoms. The minimum atomic E-state index is -0.474. The highest BCUT2D eigenvalue weighted by molar-refractivity contribution is 5.94. The Balaban J connectivity index is 4.48. The molecule has 0 amide bonds. The van der Waals surface area contributed by atoms with Crippen LogP contribution in [0.15, 0.2) is 36.5 Å². The Hall–Kier alpha value is -1.44. The smallest absolute Gasteiger partial charge is 0.161 e. The molecule has 88 valence electrons. The molecular weight excluding hydrogens is 200 g/mol. The first-order valence-electron chi connectivity index (χ1n) is 5.31. The number of rotatable bonds is 6. The number of allylic oxidation sites excluding steroid dienone is 5. The van der Waals surface area contributed by atoms with Gasteiger partial charge in [0.25, 0.3) is 0 Å². The van der Waals surface area contributed by atoms with Crippen LogP contribution < -0.4 is 0 Å². The van der Waals surface area contributed by atoms with E-state index in [4.69, 9.17) is 0 Å². The van der Waals surface area contributed by atoms with Crippen molar-refractivity contribution in [3.8, 4) is 0 Å². The van der Waals surface area contributed by atoms with E-state index in [2.05, 4.69) is 6.58 Å². The van der Waals surface area contributed by atoms with Gasteiger partial charge in [-0.1, -0.05) is 38.2 Å². The van der Waals surface area contributed by atoms with Gasteiger partial charge in [0.1, 0.15) is 0 Å². The summed E-state index contributed by atoms with van der Waals surface area (Å²) < 4.78 is 0. The van der Waals surface area contributed by atoms with Gasteiger partial charge < -0.3 is 0 Å². The minimum absolute atomic E-state index is 0.000673. The maximum absolute atomic E-state index is 11.8. The van der Waals surface area contributed by atoms with Gasteiger partial charge in [-0.3, -0.25) is 9.59 Å². The standard InChI is InChI=1S/C14H20O2/c1-11(2)8-9-13(16)14(4,5)10-6-7-12(3)15/h6-9H,1,10H2,2-5H3/b7-6+,9-8?. The van der Waals surface area contributed by atoms with Gasteiger partial charge in [0.05, 0.1) is 0 Å². The average Bonchev–Trinajstić information content (AvgIpc) is 2.12. The van der Waals surface area contributed by atoms with Crippen molar-refractivity contribution in [2.24, 2.45) is 5.41 Å². The van der Waals surface area contributed by atoms with Crippen molar-refractivity contribution in [1.29, 1.82) is 0 Å². The summed E-state index contributed by atoms with van der Waals surface area (Å²) in [5.74, 6) is 0.0458. The molecular formula is C14H20O2. The van der Waals surface area contributed by atoms with Gasteiger partial charge in [-0.2, -0.15) is 0 Å². The van der Waals surface area contributed by atoms with Crippen molar-refractivity contribution in [3.63, 3.8) is 0 Å². The molecule has 0 saturated heterocycles. The SMILES string of the molecule is C=C(C)C=CC(=O)C(C)(C)C/C=C/C(C)=O. The second-order valence-electron chi connectivity index (χ2n) is 4.64. The number of hydrogen-bond acceptors (Lipinski definition) is 2. The summed E-state index contributed by atoms with van der Waals surface area (Å²) in [6.45, 7) is 10.8. The van der Waals surface area contributed by atoms with Crippen LogP contribution in [0.25, 0.3) is 0 Å². The van der Waals surface area contributed by atoms with Crippen LogP contribution in [0.4, 0.5) is 0 Å². The molecule has 0 fully saturated rings. The molecule has 0 spiro atoms. The molecule has 2 nitrogen and oxygen atoms in total. The lowest BCUT2D eigenvalue weighted by Crippen LogP contribution is -2.21. The molecule has 0 rings (SSSR count). The zero-order chi connectivity index (χ0) is 12.8. The van der Waals surface area contributed by atoms with Gasteiger partial charge in [-0.25, -0.2) is 0 Å². The van der Waals surface area contributed by atoms with E-state index in [1.807, 2.05) is 20.8 Å². The van der Waals surface area contributed by atoms with Crippen molar-refractivity contribution in [2.75, 3.05) is 0 Å². The van der Waals surface area contributed by atoms with Gasteiger partial charge in [0, 0.05) is 5.41 Å². The lowest BCUT2D eigenvalue weighted by atomic mass is 9.84. The normalized spacial score (nSPS) is 12.2. The Morgan fingerprint density at radius 1 is 1.12 bits per heavy atom. The third kappa shape index (κ3) is 6.12. The van der Waals surface area contributed by atoms with Crippen molar-refractivity contribution in [2.45, 2.75) is 34.1 Å². The second kappa shape index (κ2) is 6.21. The minimum Gasteiger partial charge on any atom is -0.295 e. The highest BCUT2D eigenvalue weighted by Crippen LogP contribution is 2.23. The lowest BCUT2D eigenvalue weighted by molar-refractivity contribution is -0.122. The third-order valence-corrected chi connectivity index (χ3v) is 2.17. The van der Waals surface area contributed by atoms with Crippen LogP contribution in [0.5, 0.6) is 0 Å². The average molecular weight is 220 g/mol. The van der Waals surface area contributed by atoms with Crippen molar-refractivity contribution in [1.82, 2.24) is 0 Å². The van der Waals surface area contributed by atoms with E-state index in [0.29, 0.717) is 6.42 Å². The maximum atomic E-state index is 11.8. The zero-order valence-corrected chi connectivity index (χ0v) is 10.5. The fraction of sp³-hybridized carbons (Fsp3) is 0.429. The molecule has 0 aromatic rings. The largest absolute Gasteiger partial charge is 0.295 e. The number of carbonyl (C=O) groups excluding carboxylic acids is 2. The first-order valence-corrected chi connectivity index (χ1v) is 5.31. The number of carbonyl (C=O) groups is 2. The van der Waals surface area contributed by atoms with Crippen LogP contribution in [0, 0.1) is 5.41 Å². The summed E-state index contributed by atoms with van der Waals surface area (Å²) in [4.78, 5) is 22.5. The molecule has 0 aliphatic carbocycles. The van der Waals surface area contributed by atoms with E-state index in [0.717, 1.165) is 5.57 Å². The molecule has 0 aliphatic heterocycles. The van der Waals surface area contributed by atoms with Crippen LogP contribution in [0.1, 0.15) is 34.1 Å². The first kappa shape index (κ1) is 14.6. The summed E-state index contributed by atoms with van der Waals surface area (Å²) >= 11 is 0. The van der Waals surface area contributed by atoms with E-state index in [1.165, 1.54) is 13.0 Å². The Kier molecular flexibility index (Phi) is 5.65. The molecule has 0 aromatic heterocycles. The highest BCUT2D eigenvalue weighted by atomic mass is 16.1. The molecule has 0 aliphatic rings. The number of hydrogen-bond donors (Lipinski definition) is 0. The zero-order valence-electron chi connectivity index (χ0n) is 10.5. The van der Waals surface area contributed by atoms with E-state index in [9.17, 15) is 9.59 Å². The topological polar surface area (TPSA) is 34.1 Å². The summed E-state index contributed by atoms with van der Waals surface area (Å²) in [6.07, 6.45) is 7.06. The van der Waals surface area contributed by atoms with Crippen LogP contribution in [0.2, 0.25) is 0 Å². The van der Waals surface area contributed by atoms with Crippen LogP contribution in [-0.2, 0) is 9.59 Å². The molecule has 0 heterocycles. The van der Waals surface area contributed by atoms with Crippen LogP contribution >= 0.6 is 0 Å². The molecule has 0 atom stereocenters. The molecule has 0 bridgehead atoms. The predicted octanol–water partition coefficient (Wildman–Crippen LogP) is 3.25. The van der Waals surface area contributed by atoms with Gasteiger partial charge in [0.15, 0.2) is 11.6 Å². The van der Waals surface area contributed by atoms with Crippen molar-refractivity contribution in [3.05, 3.63) is 36.5 Å². The summed E-state index contributed by atoms with van der Waals surface area (Å²) in [7, 11) is 0. The predicted molar refractivity (Wildman–Crippen MR) is 67.2 cm³/mol.